The van der Waals surface area contributed by atoms with Gasteiger partial charge in [0.05, 0.1) is 5.92 Å². The molecule has 1 atom stereocenters. The minimum absolute atomic E-state index is 0.0783. The predicted molar refractivity (Wildman–Crippen MR) is 111 cm³/mol. The van der Waals surface area contributed by atoms with Crippen LogP contribution in [0.25, 0.3) is 10.9 Å². The lowest BCUT2D eigenvalue weighted by Crippen LogP contribution is -2.43. The SMILES string of the molecule is O=C(Nc1ccc(F)cc1)[C@@H]1CCCN(C(=O)CCc2c[nH]c3ccccc23)C1. The summed E-state index contributed by atoms with van der Waals surface area (Å²) >= 11 is 0. The second-order valence-corrected chi connectivity index (χ2v) is 7.53. The van der Waals surface area contributed by atoms with Crippen LogP contribution >= 0.6 is 0 Å². The van der Waals surface area contributed by atoms with Gasteiger partial charge in [-0.15, -0.1) is 0 Å². The average molecular weight is 393 g/mol. The fraction of sp³-hybridized carbons (Fsp3) is 0.304. The first-order chi connectivity index (χ1) is 14.1. The molecule has 0 bridgehead atoms. The molecular formula is C23H24FN3O2. The standard InChI is InChI=1S/C23H24FN3O2/c24-18-8-10-19(11-9-18)26-23(29)17-4-3-13-27(15-17)22(28)12-7-16-14-25-21-6-2-1-5-20(16)21/h1-2,5-6,8-11,14,17,25H,3-4,7,12-13,15H2,(H,26,29)/t17-/m1/s1. The Hall–Kier alpha value is -3.15. The number of hydrogen-bond donors (Lipinski definition) is 2. The largest absolute Gasteiger partial charge is 0.361 e. The molecule has 3 aromatic rings. The molecule has 5 nitrogen and oxygen atoms in total. The van der Waals surface area contributed by atoms with Gasteiger partial charge in [-0.1, -0.05) is 18.2 Å². The van der Waals surface area contributed by atoms with E-state index in [1.165, 1.54) is 12.1 Å². The van der Waals surface area contributed by atoms with Crippen molar-refractivity contribution in [1.82, 2.24) is 9.88 Å². The van der Waals surface area contributed by atoms with Gasteiger partial charge in [-0.05, 0) is 55.2 Å². The van der Waals surface area contributed by atoms with E-state index >= 15 is 0 Å². The van der Waals surface area contributed by atoms with Crippen molar-refractivity contribution in [3.8, 4) is 0 Å². The Balaban J connectivity index is 1.33. The average Bonchev–Trinajstić information content (AvgIpc) is 3.17. The smallest absolute Gasteiger partial charge is 0.229 e. The molecule has 1 aliphatic heterocycles. The number of para-hydroxylation sites is 1. The van der Waals surface area contributed by atoms with Gasteiger partial charge in [0.1, 0.15) is 5.82 Å². The van der Waals surface area contributed by atoms with Crippen molar-refractivity contribution in [3.63, 3.8) is 0 Å². The van der Waals surface area contributed by atoms with Crippen LogP contribution < -0.4 is 5.32 Å². The molecule has 2 heterocycles. The number of carbonyl (C=O) groups is 2. The molecule has 0 saturated carbocycles. The van der Waals surface area contributed by atoms with Crippen molar-refractivity contribution in [2.45, 2.75) is 25.7 Å². The Labute approximate surface area is 168 Å². The van der Waals surface area contributed by atoms with Gasteiger partial charge in [-0.3, -0.25) is 9.59 Å². The van der Waals surface area contributed by atoms with Gasteiger partial charge in [0.15, 0.2) is 0 Å². The Morgan fingerprint density at radius 2 is 1.93 bits per heavy atom. The van der Waals surface area contributed by atoms with Crippen LogP contribution in [0.1, 0.15) is 24.8 Å². The Morgan fingerprint density at radius 3 is 2.76 bits per heavy atom. The number of anilines is 1. The van der Waals surface area contributed by atoms with E-state index in [1.54, 1.807) is 17.0 Å². The first kappa shape index (κ1) is 19.2. The number of likely N-dealkylation sites (tertiary alicyclic amines) is 1. The molecule has 29 heavy (non-hydrogen) atoms. The lowest BCUT2D eigenvalue weighted by molar-refractivity contribution is -0.134. The molecule has 0 aliphatic carbocycles. The molecule has 6 heteroatoms. The Morgan fingerprint density at radius 1 is 1.14 bits per heavy atom. The van der Waals surface area contributed by atoms with Gasteiger partial charge in [0.25, 0.3) is 0 Å². The first-order valence-corrected chi connectivity index (χ1v) is 9.99. The van der Waals surface area contributed by atoms with Crippen molar-refractivity contribution < 1.29 is 14.0 Å². The lowest BCUT2D eigenvalue weighted by atomic mass is 9.96. The van der Waals surface area contributed by atoms with Gasteiger partial charge < -0.3 is 15.2 Å². The summed E-state index contributed by atoms with van der Waals surface area (Å²) in [6, 6.07) is 13.8. The highest BCUT2D eigenvalue weighted by Crippen LogP contribution is 2.22. The number of fused-ring (bicyclic) bond motifs is 1. The van der Waals surface area contributed by atoms with Crippen LogP contribution in [0.5, 0.6) is 0 Å². The van der Waals surface area contributed by atoms with Crippen molar-refractivity contribution in [3.05, 3.63) is 66.1 Å². The predicted octanol–water partition coefficient (Wildman–Crippen LogP) is 4.12. The number of H-pyrrole nitrogens is 1. The normalized spacial score (nSPS) is 16.7. The third-order valence-corrected chi connectivity index (χ3v) is 5.54. The van der Waals surface area contributed by atoms with Crippen molar-refractivity contribution >= 4 is 28.4 Å². The minimum atomic E-state index is -0.340. The fourth-order valence-electron chi connectivity index (χ4n) is 3.93. The number of piperidine rings is 1. The number of nitrogens with zero attached hydrogens (tertiary/aromatic N) is 1. The minimum Gasteiger partial charge on any atom is -0.361 e. The fourth-order valence-corrected chi connectivity index (χ4v) is 3.93. The molecule has 2 amide bonds. The zero-order valence-corrected chi connectivity index (χ0v) is 16.2. The van der Waals surface area contributed by atoms with E-state index in [9.17, 15) is 14.0 Å². The summed E-state index contributed by atoms with van der Waals surface area (Å²) in [7, 11) is 0. The Bertz CT molecular complexity index is 1010. The van der Waals surface area contributed by atoms with Crippen molar-refractivity contribution in [2.75, 3.05) is 18.4 Å². The van der Waals surface area contributed by atoms with Crippen LogP contribution in [0.4, 0.5) is 10.1 Å². The molecule has 1 saturated heterocycles. The summed E-state index contributed by atoms with van der Waals surface area (Å²) in [4.78, 5) is 30.3. The molecule has 1 aromatic heterocycles. The summed E-state index contributed by atoms with van der Waals surface area (Å²) in [5.41, 5.74) is 2.78. The third-order valence-electron chi connectivity index (χ3n) is 5.54. The van der Waals surface area contributed by atoms with Crippen LogP contribution in [-0.4, -0.2) is 34.8 Å². The van der Waals surface area contributed by atoms with Gasteiger partial charge in [0.2, 0.25) is 11.8 Å². The molecule has 1 aliphatic rings. The zero-order valence-electron chi connectivity index (χ0n) is 16.2. The number of amides is 2. The maximum atomic E-state index is 13.0. The van der Waals surface area contributed by atoms with Crippen LogP contribution in [0.15, 0.2) is 54.7 Å². The van der Waals surface area contributed by atoms with Gasteiger partial charge in [-0.2, -0.15) is 0 Å². The second kappa shape index (κ2) is 8.47. The monoisotopic (exact) mass is 393 g/mol. The van der Waals surface area contributed by atoms with E-state index < -0.39 is 0 Å². The summed E-state index contributed by atoms with van der Waals surface area (Å²) in [5, 5.41) is 3.97. The third kappa shape index (κ3) is 4.47. The van der Waals surface area contributed by atoms with Gasteiger partial charge in [-0.25, -0.2) is 4.39 Å². The zero-order chi connectivity index (χ0) is 20.2. The summed E-state index contributed by atoms with van der Waals surface area (Å²) in [5.74, 6) is -0.626. The number of halogens is 1. The van der Waals surface area contributed by atoms with Crippen LogP contribution in [-0.2, 0) is 16.0 Å². The highest BCUT2D eigenvalue weighted by Gasteiger charge is 2.28. The highest BCUT2D eigenvalue weighted by molar-refractivity contribution is 5.93. The van der Waals surface area contributed by atoms with Crippen molar-refractivity contribution in [1.29, 1.82) is 0 Å². The lowest BCUT2D eigenvalue weighted by Gasteiger charge is -2.32. The number of aryl methyl sites for hydroxylation is 1. The van der Waals surface area contributed by atoms with Gasteiger partial charge in [0, 0.05) is 42.3 Å². The highest BCUT2D eigenvalue weighted by atomic mass is 19.1. The van der Waals surface area contributed by atoms with E-state index in [2.05, 4.69) is 16.4 Å². The molecule has 150 valence electrons. The van der Waals surface area contributed by atoms with E-state index in [1.807, 2.05) is 24.4 Å². The molecule has 0 spiro atoms. The number of benzene rings is 2. The van der Waals surface area contributed by atoms with Crippen LogP contribution in [0.3, 0.4) is 0 Å². The summed E-state index contributed by atoms with van der Waals surface area (Å²) < 4.78 is 13.0. The summed E-state index contributed by atoms with van der Waals surface area (Å²) in [6.07, 6.45) is 4.62. The quantitative estimate of drug-likeness (QED) is 0.685. The molecule has 2 N–H and O–H groups in total. The maximum absolute atomic E-state index is 13.0. The number of aromatic nitrogens is 1. The van der Waals surface area contributed by atoms with E-state index in [0.29, 0.717) is 31.6 Å². The van der Waals surface area contributed by atoms with Crippen molar-refractivity contribution in [2.24, 2.45) is 5.92 Å². The maximum Gasteiger partial charge on any atom is 0.229 e. The number of hydrogen-bond acceptors (Lipinski definition) is 2. The van der Waals surface area contributed by atoms with Gasteiger partial charge >= 0.3 is 0 Å². The second-order valence-electron chi connectivity index (χ2n) is 7.53. The van der Waals surface area contributed by atoms with Crippen LogP contribution in [0.2, 0.25) is 0 Å². The topological polar surface area (TPSA) is 65.2 Å². The molecular weight excluding hydrogens is 369 g/mol. The number of nitrogens with one attached hydrogen (secondary N) is 2. The molecule has 0 unspecified atom stereocenters. The van der Waals surface area contributed by atoms with E-state index in [-0.39, 0.29) is 23.5 Å². The number of aromatic amines is 1. The summed E-state index contributed by atoms with van der Waals surface area (Å²) in [6.45, 7) is 1.12. The number of carbonyl (C=O) groups excluding carboxylic acids is 2. The molecule has 1 fully saturated rings. The molecule has 2 aromatic carbocycles. The Kier molecular flexibility index (Phi) is 5.60. The van der Waals surface area contributed by atoms with Crippen LogP contribution in [0, 0.1) is 11.7 Å². The van der Waals surface area contributed by atoms with E-state index in [4.69, 9.17) is 0 Å². The van der Waals surface area contributed by atoms with E-state index in [0.717, 1.165) is 29.3 Å². The number of rotatable bonds is 5. The molecule has 4 rings (SSSR count). The first-order valence-electron chi connectivity index (χ1n) is 9.99. The molecule has 0 radical (unpaired) electrons.